The Labute approximate surface area is 100 Å². The maximum atomic E-state index is 13.3. The highest BCUT2D eigenvalue weighted by molar-refractivity contribution is 6.31. The molecular formula is C12H15ClFNO. The molecule has 16 heavy (non-hydrogen) atoms. The first-order valence-electron chi connectivity index (χ1n) is 5.11. The topological polar surface area (TPSA) is 20.3 Å². The molecule has 0 spiro atoms. The largest absolute Gasteiger partial charge is 0.302 e. The lowest BCUT2D eigenvalue weighted by Crippen LogP contribution is -2.23. The first kappa shape index (κ1) is 13.1. The Morgan fingerprint density at radius 1 is 1.50 bits per heavy atom. The molecule has 0 aliphatic rings. The molecule has 0 heterocycles. The van der Waals surface area contributed by atoms with Crippen molar-refractivity contribution < 1.29 is 9.18 Å². The summed E-state index contributed by atoms with van der Waals surface area (Å²) in [6.45, 7) is 2.75. The van der Waals surface area contributed by atoms with Crippen molar-refractivity contribution in [3.63, 3.8) is 0 Å². The summed E-state index contributed by atoms with van der Waals surface area (Å²) in [6, 6.07) is 3.10. The van der Waals surface area contributed by atoms with E-state index in [2.05, 4.69) is 0 Å². The molecule has 88 valence electrons. The van der Waals surface area contributed by atoms with Gasteiger partial charge in [0, 0.05) is 11.6 Å². The Morgan fingerprint density at radius 3 is 2.81 bits per heavy atom. The Hall–Kier alpha value is -0.930. The monoisotopic (exact) mass is 243 g/mol. The van der Waals surface area contributed by atoms with Crippen molar-refractivity contribution in [3.05, 3.63) is 34.1 Å². The molecular weight excluding hydrogens is 229 g/mol. The van der Waals surface area contributed by atoms with Gasteiger partial charge in [-0.2, -0.15) is 0 Å². The van der Waals surface area contributed by atoms with Crippen molar-refractivity contribution >= 4 is 17.9 Å². The van der Waals surface area contributed by atoms with E-state index in [0.717, 1.165) is 11.8 Å². The number of carbonyl (C=O) groups is 1. The minimum Gasteiger partial charge on any atom is -0.302 e. The zero-order valence-electron chi connectivity index (χ0n) is 9.46. The molecule has 0 aliphatic carbocycles. The molecule has 0 aliphatic heterocycles. The van der Waals surface area contributed by atoms with Gasteiger partial charge in [0.1, 0.15) is 12.1 Å². The summed E-state index contributed by atoms with van der Waals surface area (Å²) in [4.78, 5) is 12.1. The molecule has 0 unspecified atom stereocenters. The summed E-state index contributed by atoms with van der Waals surface area (Å²) in [5, 5.41) is 0.582. The van der Waals surface area contributed by atoms with Crippen molar-refractivity contribution in [2.75, 3.05) is 20.1 Å². The summed E-state index contributed by atoms with van der Waals surface area (Å²) in [6.07, 6.45) is 1.48. The highest BCUT2D eigenvalue weighted by atomic mass is 35.5. The number of benzene rings is 1. The number of halogens is 2. The molecule has 0 saturated heterocycles. The molecule has 0 radical (unpaired) electrons. The van der Waals surface area contributed by atoms with E-state index in [0.29, 0.717) is 30.1 Å². The van der Waals surface area contributed by atoms with E-state index < -0.39 is 0 Å². The first-order valence-corrected chi connectivity index (χ1v) is 5.49. The fourth-order valence-corrected chi connectivity index (χ4v) is 1.72. The number of nitrogens with zero attached hydrogens (tertiary/aromatic N) is 1. The molecule has 0 aromatic heterocycles. The Balaban J connectivity index is 2.67. The Kier molecular flexibility index (Phi) is 4.90. The van der Waals surface area contributed by atoms with Crippen LogP contribution in [0.25, 0.3) is 0 Å². The first-order chi connectivity index (χ1) is 7.54. The van der Waals surface area contributed by atoms with E-state index in [1.807, 2.05) is 11.9 Å². The van der Waals surface area contributed by atoms with E-state index in [-0.39, 0.29) is 5.82 Å². The standard InChI is InChI=1S/C12H15ClFNO/c1-9-7-11(13)10(8-12(9)14)3-4-15(2)5-6-16/h6-8H,3-5H2,1-2H3. The van der Waals surface area contributed by atoms with Crippen molar-refractivity contribution in [1.29, 1.82) is 0 Å². The third-order valence-corrected chi connectivity index (χ3v) is 2.83. The molecule has 0 bridgehead atoms. The van der Waals surface area contributed by atoms with Crippen LogP contribution in [0.4, 0.5) is 4.39 Å². The van der Waals surface area contributed by atoms with Crippen LogP contribution >= 0.6 is 11.6 Å². The maximum Gasteiger partial charge on any atom is 0.133 e. The highest BCUT2D eigenvalue weighted by Crippen LogP contribution is 2.20. The molecule has 1 rings (SSSR count). The van der Waals surface area contributed by atoms with Gasteiger partial charge >= 0.3 is 0 Å². The fraction of sp³-hybridized carbons (Fsp3) is 0.417. The number of hydrogen-bond donors (Lipinski definition) is 0. The average molecular weight is 244 g/mol. The molecule has 0 fully saturated rings. The maximum absolute atomic E-state index is 13.3. The third-order valence-electron chi connectivity index (χ3n) is 2.48. The lowest BCUT2D eigenvalue weighted by atomic mass is 10.1. The second-order valence-corrected chi connectivity index (χ2v) is 4.28. The summed E-state index contributed by atoms with van der Waals surface area (Å²) < 4.78 is 13.3. The summed E-state index contributed by atoms with van der Waals surface area (Å²) in [5.41, 5.74) is 1.33. The SMILES string of the molecule is Cc1cc(Cl)c(CCN(C)CC=O)cc1F. The van der Waals surface area contributed by atoms with Gasteiger partial charge in [-0.05, 0) is 43.7 Å². The average Bonchev–Trinajstić information content (AvgIpc) is 2.22. The van der Waals surface area contributed by atoms with E-state index in [4.69, 9.17) is 11.6 Å². The molecule has 0 saturated carbocycles. The minimum absolute atomic E-state index is 0.238. The van der Waals surface area contributed by atoms with Crippen LogP contribution in [0.1, 0.15) is 11.1 Å². The molecule has 0 atom stereocenters. The van der Waals surface area contributed by atoms with Gasteiger partial charge in [0.25, 0.3) is 0 Å². The van der Waals surface area contributed by atoms with Gasteiger partial charge in [-0.3, -0.25) is 4.90 Å². The van der Waals surface area contributed by atoms with E-state index in [1.54, 1.807) is 13.0 Å². The molecule has 1 aromatic rings. The van der Waals surface area contributed by atoms with E-state index >= 15 is 0 Å². The third kappa shape index (κ3) is 3.58. The van der Waals surface area contributed by atoms with Crippen molar-refractivity contribution in [2.45, 2.75) is 13.3 Å². The second kappa shape index (κ2) is 5.97. The number of aryl methyl sites for hydroxylation is 1. The Morgan fingerprint density at radius 2 is 2.19 bits per heavy atom. The van der Waals surface area contributed by atoms with E-state index in [9.17, 15) is 9.18 Å². The zero-order chi connectivity index (χ0) is 12.1. The predicted molar refractivity (Wildman–Crippen MR) is 63.4 cm³/mol. The predicted octanol–water partition coefficient (Wildman–Crippen LogP) is 2.46. The van der Waals surface area contributed by atoms with Crippen LogP contribution < -0.4 is 0 Å². The van der Waals surface area contributed by atoms with Crippen LogP contribution in [-0.4, -0.2) is 31.3 Å². The van der Waals surface area contributed by atoms with Crippen molar-refractivity contribution in [2.24, 2.45) is 0 Å². The quantitative estimate of drug-likeness (QED) is 0.741. The van der Waals surface area contributed by atoms with Crippen LogP contribution in [0.2, 0.25) is 5.02 Å². The highest BCUT2D eigenvalue weighted by Gasteiger charge is 2.06. The lowest BCUT2D eigenvalue weighted by molar-refractivity contribution is -0.108. The number of carbonyl (C=O) groups excluding carboxylic acids is 1. The fourth-order valence-electron chi connectivity index (χ4n) is 1.41. The molecule has 4 heteroatoms. The van der Waals surface area contributed by atoms with Gasteiger partial charge in [-0.25, -0.2) is 4.39 Å². The van der Waals surface area contributed by atoms with Crippen LogP contribution in [-0.2, 0) is 11.2 Å². The molecule has 0 N–H and O–H groups in total. The van der Waals surface area contributed by atoms with Crippen LogP contribution in [0.5, 0.6) is 0 Å². The number of aldehydes is 1. The van der Waals surface area contributed by atoms with Crippen LogP contribution in [0.3, 0.4) is 0 Å². The van der Waals surface area contributed by atoms with Gasteiger partial charge < -0.3 is 4.79 Å². The molecule has 0 amide bonds. The van der Waals surface area contributed by atoms with Gasteiger partial charge in [0.05, 0.1) is 6.54 Å². The summed E-state index contributed by atoms with van der Waals surface area (Å²) in [5.74, 6) is -0.238. The normalized spacial score (nSPS) is 10.8. The van der Waals surface area contributed by atoms with Crippen LogP contribution in [0, 0.1) is 12.7 Å². The zero-order valence-corrected chi connectivity index (χ0v) is 10.2. The summed E-state index contributed by atoms with van der Waals surface area (Å²) >= 11 is 6.01. The van der Waals surface area contributed by atoms with Gasteiger partial charge in [-0.15, -0.1) is 0 Å². The molecule has 1 aromatic carbocycles. The lowest BCUT2D eigenvalue weighted by Gasteiger charge is -2.13. The van der Waals surface area contributed by atoms with Crippen LogP contribution in [0.15, 0.2) is 12.1 Å². The smallest absolute Gasteiger partial charge is 0.133 e. The number of likely N-dealkylation sites (N-methyl/N-ethyl adjacent to an activating group) is 1. The number of hydrogen-bond acceptors (Lipinski definition) is 2. The summed E-state index contributed by atoms with van der Waals surface area (Å²) in [7, 11) is 1.84. The van der Waals surface area contributed by atoms with Crippen molar-refractivity contribution in [1.82, 2.24) is 4.90 Å². The number of rotatable bonds is 5. The molecule has 2 nitrogen and oxygen atoms in total. The van der Waals surface area contributed by atoms with Gasteiger partial charge in [0.15, 0.2) is 0 Å². The van der Waals surface area contributed by atoms with Crippen molar-refractivity contribution in [3.8, 4) is 0 Å². The van der Waals surface area contributed by atoms with E-state index in [1.165, 1.54) is 6.07 Å². The Bertz CT molecular complexity index is 382. The minimum atomic E-state index is -0.238. The van der Waals surface area contributed by atoms with Gasteiger partial charge in [0.2, 0.25) is 0 Å². The van der Waals surface area contributed by atoms with Gasteiger partial charge in [-0.1, -0.05) is 11.6 Å². The second-order valence-electron chi connectivity index (χ2n) is 3.87.